The second kappa shape index (κ2) is 8.26. The summed E-state index contributed by atoms with van der Waals surface area (Å²) in [6.45, 7) is 1.42. The van der Waals surface area contributed by atoms with Crippen LogP contribution in [0.2, 0.25) is 0 Å². The number of hydrogen-bond donors (Lipinski definition) is 2. The van der Waals surface area contributed by atoms with Gasteiger partial charge < -0.3 is 16.0 Å². The number of amides is 1. The fraction of sp³-hybridized carbons (Fsp3) is 0.227. The third-order valence-electron chi connectivity index (χ3n) is 5.08. The van der Waals surface area contributed by atoms with Gasteiger partial charge in [-0.2, -0.15) is 4.98 Å². The van der Waals surface area contributed by atoms with Gasteiger partial charge in [-0.25, -0.2) is 9.37 Å². The number of hydrogen-bond acceptors (Lipinski definition) is 5. The fourth-order valence-electron chi connectivity index (χ4n) is 3.60. The van der Waals surface area contributed by atoms with E-state index in [0.29, 0.717) is 6.54 Å². The molecule has 1 aromatic heterocycles. The van der Waals surface area contributed by atoms with E-state index in [2.05, 4.69) is 20.2 Å². The van der Waals surface area contributed by atoms with Gasteiger partial charge in [0, 0.05) is 25.0 Å². The van der Waals surface area contributed by atoms with Gasteiger partial charge in [0.05, 0.1) is 5.92 Å². The number of nitrogens with two attached hydrogens (primary N) is 1. The summed E-state index contributed by atoms with van der Waals surface area (Å²) in [5.41, 5.74) is 8.22. The van der Waals surface area contributed by atoms with Gasteiger partial charge in [0.1, 0.15) is 11.6 Å². The van der Waals surface area contributed by atoms with E-state index in [0.717, 1.165) is 42.0 Å². The van der Waals surface area contributed by atoms with Crippen LogP contribution in [-0.2, 0) is 4.79 Å². The summed E-state index contributed by atoms with van der Waals surface area (Å²) in [4.78, 5) is 23.1. The summed E-state index contributed by atoms with van der Waals surface area (Å²) in [6.07, 6.45) is 3.35. The van der Waals surface area contributed by atoms with Crippen LogP contribution >= 0.6 is 0 Å². The van der Waals surface area contributed by atoms with Crippen molar-refractivity contribution >= 4 is 23.4 Å². The van der Waals surface area contributed by atoms with Gasteiger partial charge >= 0.3 is 0 Å². The van der Waals surface area contributed by atoms with Crippen LogP contribution < -0.4 is 16.0 Å². The topological polar surface area (TPSA) is 84.1 Å². The highest BCUT2D eigenvalue weighted by Gasteiger charge is 2.26. The summed E-state index contributed by atoms with van der Waals surface area (Å²) >= 11 is 0. The van der Waals surface area contributed by atoms with E-state index in [1.54, 1.807) is 18.3 Å². The Morgan fingerprint density at radius 3 is 2.76 bits per heavy atom. The second-order valence-corrected chi connectivity index (χ2v) is 7.14. The molecular weight excluding hydrogens is 369 g/mol. The molecule has 1 saturated heterocycles. The van der Waals surface area contributed by atoms with Gasteiger partial charge in [-0.15, -0.1) is 0 Å². The number of nitrogens with zero attached hydrogens (tertiary/aromatic N) is 3. The average Bonchev–Trinajstić information content (AvgIpc) is 2.74. The first-order valence-electron chi connectivity index (χ1n) is 9.59. The molecule has 0 spiro atoms. The molecule has 148 valence electrons. The van der Waals surface area contributed by atoms with Crippen molar-refractivity contribution in [3.8, 4) is 11.1 Å². The molecule has 0 aliphatic carbocycles. The van der Waals surface area contributed by atoms with E-state index < -0.39 is 0 Å². The van der Waals surface area contributed by atoms with Crippen LogP contribution in [0.25, 0.3) is 11.1 Å². The van der Waals surface area contributed by atoms with Gasteiger partial charge in [0.25, 0.3) is 0 Å². The van der Waals surface area contributed by atoms with Crippen LogP contribution in [0, 0.1) is 11.7 Å². The Morgan fingerprint density at radius 2 is 1.97 bits per heavy atom. The summed E-state index contributed by atoms with van der Waals surface area (Å²) in [5, 5.41) is 3.02. The van der Waals surface area contributed by atoms with Crippen molar-refractivity contribution in [3.63, 3.8) is 0 Å². The lowest BCUT2D eigenvalue weighted by molar-refractivity contribution is -0.120. The van der Waals surface area contributed by atoms with Crippen LogP contribution in [0.3, 0.4) is 0 Å². The van der Waals surface area contributed by atoms with E-state index in [1.807, 2.05) is 30.3 Å². The molecule has 2 aromatic carbocycles. The third kappa shape index (κ3) is 4.51. The second-order valence-electron chi connectivity index (χ2n) is 7.14. The smallest absolute Gasteiger partial charge is 0.229 e. The number of carbonyl (C=O) groups excluding carboxylic acids is 1. The number of rotatable bonds is 4. The van der Waals surface area contributed by atoms with Gasteiger partial charge in [-0.05, 0) is 54.3 Å². The number of halogens is 1. The molecule has 0 radical (unpaired) electrons. The van der Waals surface area contributed by atoms with Crippen LogP contribution in [0.15, 0.2) is 60.8 Å². The van der Waals surface area contributed by atoms with Crippen molar-refractivity contribution in [3.05, 3.63) is 66.6 Å². The van der Waals surface area contributed by atoms with Crippen molar-refractivity contribution in [1.82, 2.24) is 9.97 Å². The maximum atomic E-state index is 13.2. The minimum absolute atomic E-state index is 0.0204. The monoisotopic (exact) mass is 391 g/mol. The van der Waals surface area contributed by atoms with E-state index in [9.17, 15) is 9.18 Å². The average molecular weight is 391 g/mol. The first-order chi connectivity index (χ1) is 14.1. The molecular formula is C22H22FN5O. The molecule has 1 atom stereocenters. The molecule has 6 nitrogen and oxygen atoms in total. The highest BCUT2D eigenvalue weighted by atomic mass is 19.1. The minimum atomic E-state index is -0.273. The van der Waals surface area contributed by atoms with E-state index in [-0.39, 0.29) is 23.6 Å². The Kier molecular flexibility index (Phi) is 5.37. The summed E-state index contributed by atoms with van der Waals surface area (Å²) in [6, 6.07) is 15.7. The first-order valence-corrected chi connectivity index (χ1v) is 9.59. The maximum absolute atomic E-state index is 13.2. The Bertz CT molecular complexity index is 1010. The molecule has 29 heavy (non-hydrogen) atoms. The SMILES string of the molecule is Nc1nccc(N2CCC[C@@H](C(=O)Nc3cccc(-c4ccc(F)cc4)c3)C2)n1. The number of nitrogen functional groups attached to an aromatic ring is 1. The molecule has 1 aliphatic rings. The minimum Gasteiger partial charge on any atom is -0.368 e. The summed E-state index contributed by atoms with van der Waals surface area (Å²) in [5.74, 6) is 0.535. The molecule has 0 bridgehead atoms. The molecule has 1 fully saturated rings. The lowest BCUT2D eigenvalue weighted by Gasteiger charge is -2.32. The van der Waals surface area contributed by atoms with E-state index in [1.165, 1.54) is 12.1 Å². The van der Waals surface area contributed by atoms with Crippen molar-refractivity contribution in [2.75, 3.05) is 29.0 Å². The third-order valence-corrected chi connectivity index (χ3v) is 5.08. The van der Waals surface area contributed by atoms with Crippen molar-refractivity contribution < 1.29 is 9.18 Å². The zero-order valence-corrected chi connectivity index (χ0v) is 15.9. The molecule has 1 amide bonds. The number of piperidine rings is 1. The van der Waals surface area contributed by atoms with Gasteiger partial charge in [-0.1, -0.05) is 24.3 Å². The zero-order chi connectivity index (χ0) is 20.2. The molecule has 0 unspecified atom stereocenters. The van der Waals surface area contributed by atoms with E-state index >= 15 is 0 Å². The molecule has 1 aliphatic heterocycles. The van der Waals surface area contributed by atoms with Gasteiger partial charge in [-0.3, -0.25) is 4.79 Å². The van der Waals surface area contributed by atoms with Gasteiger partial charge in [0.2, 0.25) is 11.9 Å². The lowest BCUT2D eigenvalue weighted by Crippen LogP contribution is -2.41. The number of aromatic nitrogens is 2. The summed E-state index contributed by atoms with van der Waals surface area (Å²) in [7, 11) is 0. The molecule has 3 N–H and O–H groups in total. The largest absolute Gasteiger partial charge is 0.368 e. The highest BCUT2D eigenvalue weighted by molar-refractivity contribution is 5.93. The van der Waals surface area contributed by atoms with Crippen LogP contribution in [0.1, 0.15) is 12.8 Å². The number of nitrogens with one attached hydrogen (secondary N) is 1. The van der Waals surface area contributed by atoms with Crippen LogP contribution in [0.4, 0.5) is 21.8 Å². The number of anilines is 3. The van der Waals surface area contributed by atoms with Gasteiger partial charge in [0.15, 0.2) is 0 Å². The molecule has 3 aromatic rings. The Labute approximate surface area is 168 Å². The number of benzene rings is 2. The Balaban J connectivity index is 1.45. The normalized spacial score (nSPS) is 16.4. The highest BCUT2D eigenvalue weighted by Crippen LogP contribution is 2.25. The lowest BCUT2D eigenvalue weighted by atomic mass is 9.97. The predicted molar refractivity (Wildman–Crippen MR) is 112 cm³/mol. The standard InChI is InChI=1S/C22H22FN5O/c23-18-8-6-15(7-9-18)16-3-1-5-19(13-16)26-21(29)17-4-2-12-28(14-17)20-10-11-25-22(24)27-20/h1,3,5-11,13,17H,2,4,12,14H2,(H,26,29)(H2,24,25,27)/t17-/m1/s1. The quantitative estimate of drug-likeness (QED) is 0.708. The Hall–Kier alpha value is -3.48. The maximum Gasteiger partial charge on any atom is 0.229 e. The molecule has 4 rings (SSSR count). The zero-order valence-electron chi connectivity index (χ0n) is 15.9. The predicted octanol–water partition coefficient (Wildman–Crippen LogP) is 3.72. The summed E-state index contributed by atoms with van der Waals surface area (Å²) < 4.78 is 13.2. The fourth-order valence-corrected chi connectivity index (χ4v) is 3.60. The van der Waals surface area contributed by atoms with Crippen LogP contribution in [0.5, 0.6) is 0 Å². The Morgan fingerprint density at radius 1 is 1.14 bits per heavy atom. The van der Waals surface area contributed by atoms with Crippen LogP contribution in [-0.4, -0.2) is 29.0 Å². The van der Waals surface area contributed by atoms with Crippen molar-refractivity contribution in [1.29, 1.82) is 0 Å². The van der Waals surface area contributed by atoms with Crippen molar-refractivity contribution in [2.24, 2.45) is 5.92 Å². The molecule has 2 heterocycles. The van der Waals surface area contributed by atoms with E-state index in [4.69, 9.17) is 5.73 Å². The van der Waals surface area contributed by atoms with Crippen molar-refractivity contribution in [2.45, 2.75) is 12.8 Å². The number of carbonyl (C=O) groups is 1. The molecule has 7 heteroatoms. The first kappa shape index (κ1) is 18.9. The molecule has 0 saturated carbocycles.